The van der Waals surface area contributed by atoms with Crippen LogP contribution in [0, 0.1) is 6.92 Å². The summed E-state index contributed by atoms with van der Waals surface area (Å²) in [5, 5.41) is 4.26. The molecule has 0 aromatic heterocycles. The zero-order chi connectivity index (χ0) is 24.5. The first-order chi connectivity index (χ1) is 16.4. The van der Waals surface area contributed by atoms with Crippen molar-refractivity contribution < 1.29 is 9.59 Å². The molecule has 1 saturated carbocycles. The minimum absolute atomic E-state index is 0.0287. The number of carbonyl (C=O) groups excluding carboxylic acids is 2. The molecule has 0 bridgehead atoms. The highest BCUT2D eigenvalue weighted by molar-refractivity contribution is 7.99. The predicted molar refractivity (Wildman–Crippen MR) is 143 cm³/mol. The van der Waals surface area contributed by atoms with E-state index in [0.717, 1.165) is 42.4 Å². The second-order valence-corrected chi connectivity index (χ2v) is 10.8. The molecule has 1 N–H and O–H groups in total. The third-order valence-electron chi connectivity index (χ3n) is 6.42. The Morgan fingerprint density at radius 2 is 1.82 bits per heavy atom. The van der Waals surface area contributed by atoms with Crippen molar-refractivity contribution in [2.24, 2.45) is 0 Å². The molecular weight excluding hydrogens is 487 g/mol. The summed E-state index contributed by atoms with van der Waals surface area (Å²) in [6, 6.07) is 13.3. The number of nitrogens with one attached hydrogen (secondary N) is 1. The van der Waals surface area contributed by atoms with E-state index in [0.29, 0.717) is 34.5 Å². The summed E-state index contributed by atoms with van der Waals surface area (Å²) in [5.74, 6) is 0.871. The molecule has 3 rings (SSSR count). The standard InChI is InChI=1S/C27H34Cl2N2O2S/c1-3-25(27(33)30-22-11-5-4-6-12-22)31(16-21-10-8-7-9-19(21)2)26(32)18-34-17-20-13-14-23(28)24(29)15-20/h7-10,13-15,22,25H,3-6,11-12,16-18H2,1-2H3,(H,30,33). The summed E-state index contributed by atoms with van der Waals surface area (Å²) >= 11 is 13.7. The van der Waals surface area contributed by atoms with Crippen LogP contribution in [-0.4, -0.2) is 34.6 Å². The number of benzene rings is 2. The maximum absolute atomic E-state index is 13.4. The molecule has 2 aromatic carbocycles. The van der Waals surface area contributed by atoms with Gasteiger partial charge < -0.3 is 10.2 Å². The van der Waals surface area contributed by atoms with Crippen molar-refractivity contribution in [3.8, 4) is 0 Å². The monoisotopic (exact) mass is 520 g/mol. The van der Waals surface area contributed by atoms with E-state index in [1.54, 1.807) is 11.0 Å². The van der Waals surface area contributed by atoms with Crippen LogP contribution in [-0.2, 0) is 21.9 Å². The van der Waals surface area contributed by atoms with Crippen LogP contribution >= 0.6 is 35.0 Å². The van der Waals surface area contributed by atoms with Gasteiger partial charge in [-0.3, -0.25) is 9.59 Å². The quantitative estimate of drug-likeness (QED) is 0.375. The first-order valence-corrected chi connectivity index (χ1v) is 14.0. The molecule has 1 unspecified atom stereocenters. The Morgan fingerprint density at radius 3 is 2.50 bits per heavy atom. The average Bonchev–Trinajstić information content (AvgIpc) is 2.83. The minimum Gasteiger partial charge on any atom is -0.352 e. The second kappa shape index (κ2) is 13.4. The van der Waals surface area contributed by atoms with E-state index in [2.05, 4.69) is 5.32 Å². The molecule has 4 nitrogen and oxygen atoms in total. The lowest BCUT2D eigenvalue weighted by Crippen LogP contribution is -2.52. The molecule has 0 aliphatic heterocycles. The van der Waals surface area contributed by atoms with E-state index < -0.39 is 6.04 Å². The van der Waals surface area contributed by atoms with Crippen molar-refractivity contribution in [3.05, 3.63) is 69.2 Å². The fourth-order valence-corrected chi connectivity index (χ4v) is 5.58. The highest BCUT2D eigenvalue weighted by Crippen LogP contribution is 2.25. The number of hydrogen-bond donors (Lipinski definition) is 1. The number of aryl methyl sites for hydroxylation is 1. The van der Waals surface area contributed by atoms with E-state index in [1.165, 1.54) is 18.2 Å². The van der Waals surface area contributed by atoms with Crippen LogP contribution in [0.2, 0.25) is 10.0 Å². The largest absolute Gasteiger partial charge is 0.352 e. The lowest BCUT2D eigenvalue weighted by Gasteiger charge is -2.33. The molecule has 1 aliphatic carbocycles. The third-order valence-corrected chi connectivity index (χ3v) is 8.15. The second-order valence-electron chi connectivity index (χ2n) is 8.96. The van der Waals surface area contributed by atoms with Crippen molar-refractivity contribution in [1.29, 1.82) is 0 Å². The number of carbonyl (C=O) groups is 2. The SMILES string of the molecule is CCC(C(=O)NC1CCCCC1)N(Cc1ccccc1C)C(=O)CSCc1ccc(Cl)c(Cl)c1. The molecule has 0 heterocycles. The molecule has 0 spiro atoms. The summed E-state index contributed by atoms with van der Waals surface area (Å²) in [4.78, 5) is 28.5. The lowest BCUT2D eigenvalue weighted by molar-refractivity contribution is -0.139. The van der Waals surface area contributed by atoms with Crippen molar-refractivity contribution in [2.45, 2.75) is 76.8 Å². The molecule has 0 saturated heterocycles. The zero-order valence-electron chi connectivity index (χ0n) is 20.0. The highest BCUT2D eigenvalue weighted by atomic mass is 35.5. The fourth-order valence-electron chi connectivity index (χ4n) is 4.40. The van der Waals surface area contributed by atoms with Crippen molar-refractivity contribution in [2.75, 3.05) is 5.75 Å². The first kappa shape index (κ1) is 26.9. The van der Waals surface area contributed by atoms with Crippen LogP contribution in [0.5, 0.6) is 0 Å². The van der Waals surface area contributed by atoms with Crippen molar-refractivity contribution >= 4 is 46.8 Å². The van der Waals surface area contributed by atoms with Gasteiger partial charge in [-0.2, -0.15) is 0 Å². The van der Waals surface area contributed by atoms with E-state index in [4.69, 9.17) is 23.2 Å². The normalized spacial score (nSPS) is 15.1. The molecule has 0 radical (unpaired) electrons. The molecule has 1 aliphatic rings. The maximum Gasteiger partial charge on any atom is 0.243 e. The Labute approximate surface area is 217 Å². The van der Waals surface area contributed by atoms with Gasteiger partial charge in [-0.25, -0.2) is 0 Å². The van der Waals surface area contributed by atoms with Crippen molar-refractivity contribution in [1.82, 2.24) is 10.2 Å². The summed E-state index contributed by atoms with van der Waals surface area (Å²) < 4.78 is 0. The number of hydrogen-bond acceptors (Lipinski definition) is 3. The average molecular weight is 522 g/mol. The number of rotatable bonds is 10. The Morgan fingerprint density at radius 1 is 1.09 bits per heavy atom. The Bertz CT molecular complexity index is 979. The summed E-state index contributed by atoms with van der Waals surface area (Å²) in [7, 11) is 0. The first-order valence-electron chi connectivity index (χ1n) is 12.0. The molecule has 7 heteroatoms. The number of halogens is 2. The van der Waals surface area contributed by atoms with E-state index in [1.807, 2.05) is 50.2 Å². The molecule has 184 valence electrons. The van der Waals surface area contributed by atoms with Crippen LogP contribution in [0.1, 0.15) is 62.1 Å². The molecule has 2 amide bonds. The van der Waals surface area contributed by atoms with Gasteiger partial charge in [0.1, 0.15) is 6.04 Å². The van der Waals surface area contributed by atoms with Gasteiger partial charge in [0.05, 0.1) is 15.8 Å². The summed E-state index contributed by atoms with van der Waals surface area (Å²) in [6.07, 6.45) is 6.16. The Hall–Kier alpha value is -1.69. The topological polar surface area (TPSA) is 49.4 Å². The molecule has 1 fully saturated rings. The Kier molecular flexibility index (Phi) is 10.6. The third kappa shape index (κ3) is 7.66. The van der Waals surface area contributed by atoms with Gasteiger partial charge in [0.25, 0.3) is 0 Å². The molecule has 1 atom stereocenters. The highest BCUT2D eigenvalue weighted by Gasteiger charge is 2.30. The van der Waals surface area contributed by atoms with Gasteiger partial charge >= 0.3 is 0 Å². The van der Waals surface area contributed by atoms with Gasteiger partial charge in [0.15, 0.2) is 0 Å². The van der Waals surface area contributed by atoms with E-state index >= 15 is 0 Å². The summed E-state index contributed by atoms with van der Waals surface area (Å²) in [6.45, 7) is 4.45. The molecule has 2 aromatic rings. The minimum atomic E-state index is -0.486. The molecule has 34 heavy (non-hydrogen) atoms. The van der Waals surface area contributed by atoms with E-state index in [-0.39, 0.29) is 17.9 Å². The van der Waals surface area contributed by atoms with Gasteiger partial charge in [0.2, 0.25) is 11.8 Å². The predicted octanol–water partition coefficient (Wildman–Crippen LogP) is 6.79. The number of nitrogens with zero attached hydrogens (tertiary/aromatic N) is 1. The van der Waals surface area contributed by atoms with Crippen LogP contribution in [0.25, 0.3) is 0 Å². The zero-order valence-corrected chi connectivity index (χ0v) is 22.3. The van der Waals surface area contributed by atoms with Crippen LogP contribution in [0.3, 0.4) is 0 Å². The molecular formula is C27H34Cl2N2O2S. The van der Waals surface area contributed by atoms with Gasteiger partial charge in [-0.05, 0) is 55.0 Å². The van der Waals surface area contributed by atoms with Gasteiger partial charge in [-0.1, -0.05) is 79.7 Å². The number of thioether (sulfide) groups is 1. The van der Waals surface area contributed by atoms with Crippen LogP contribution in [0.15, 0.2) is 42.5 Å². The van der Waals surface area contributed by atoms with E-state index in [9.17, 15) is 9.59 Å². The van der Waals surface area contributed by atoms with Crippen LogP contribution < -0.4 is 5.32 Å². The Balaban J connectivity index is 1.71. The maximum atomic E-state index is 13.4. The fraction of sp³-hybridized carbons (Fsp3) is 0.481. The van der Waals surface area contributed by atoms with Crippen molar-refractivity contribution in [3.63, 3.8) is 0 Å². The van der Waals surface area contributed by atoms with Gasteiger partial charge in [0, 0.05) is 18.3 Å². The lowest BCUT2D eigenvalue weighted by atomic mass is 9.95. The van der Waals surface area contributed by atoms with Gasteiger partial charge in [-0.15, -0.1) is 11.8 Å². The summed E-state index contributed by atoms with van der Waals surface area (Å²) in [5.41, 5.74) is 3.19. The number of amides is 2. The smallest absolute Gasteiger partial charge is 0.243 e. The van der Waals surface area contributed by atoms with Crippen LogP contribution in [0.4, 0.5) is 0 Å².